The predicted octanol–water partition coefficient (Wildman–Crippen LogP) is 3.89. The summed E-state index contributed by atoms with van der Waals surface area (Å²) in [7, 11) is 3.26. The topological polar surface area (TPSA) is 64.9 Å². The number of alkyl halides is 3. The van der Waals surface area contributed by atoms with Gasteiger partial charge in [-0.15, -0.1) is 0 Å². The monoisotopic (exact) mass is 385 g/mol. The molecule has 1 amide bonds. The quantitative estimate of drug-likeness (QED) is 0.620. The van der Waals surface area contributed by atoms with Crippen molar-refractivity contribution in [3.8, 4) is 5.75 Å². The van der Waals surface area contributed by atoms with Gasteiger partial charge in [-0.25, -0.2) is 5.43 Å². The summed E-state index contributed by atoms with van der Waals surface area (Å²) >= 11 is 5.70. The highest BCUT2D eigenvalue weighted by atomic mass is 35.5. The minimum Gasteiger partial charge on any atom is -0.506 e. The van der Waals surface area contributed by atoms with E-state index in [1.807, 2.05) is 0 Å². The van der Waals surface area contributed by atoms with Crippen molar-refractivity contribution in [2.45, 2.75) is 6.18 Å². The van der Waals surface area contributed by atoms with E-state index in [4.69, 9.17) is 11.6 Å². The van der Waals surface area contributed by atoms with Crippen LogP contribution in [0, 0.1) is 0 Å². The van der Waals surface area contributed by atoms with Crippen LogP contribution in [0.5, 0.6) is 5.75 Å². The van der Waals surface area contributed by atoms with Gasteiger partial charge in [-0.2, -0.15) is 18.3 Å². The molecule has 0 aromatic heterocycles. The SMILES string of the molecule is CN(C)c1ccc(/C=N/NC(=O)c2ccc(O)c(Cl)c2)c(C(F)(F)F)c1. The van der Waals surface area contributed by atoms with Crippen LogP contribution in [0.4, 0.5) is 18.9 Å². The molecule has 2 aromatic carbocycles. The number of carbonyl (C=O) groups excluding carboxylic acids is 1. The lowest BCUT2D eigenvalue weighted by Gasteiger charge is -2.16. The highest BCUT2D eigenvalue weighted by molar-refractivity contribution is 6.32. The summed E-state index contributed by atoms with van der Waals surface area (Å²) in [6.45, 7) is 0. The van der Waals surface area contributed by atoms with E-state index < -0.39 is 17.6 Å². The predicted molar refractivity (Wildman–Crippen MR) is 93.9 cm³/mol. The van der Waals surface area contributed by atoms with Crippen molar-refractivity contribution in [2.24, 2.45) is 5.10 Å². The Hall–Kier alpha value is -2.74. The number of phenols is 1. The zero-order valence-electron chi connectivity index (χ0n) is 13.8. The Balaban J connectivity index is 2.21. The van der Waals surface area contributed by atoms with E-state index in [9.17, 15) is 23.1 Å². The number of benzene rings is 2. The average molecular weight is 386 g/mol. The Bertz CT molecular complexity index is 852. The van der Waals surface area contributed by atoms with Gasteiger partial charge < -0.3 is 10.0 Å². The molecule has 26 heavy (non-hydrogen) atoms. The number of halogens is 4. The maximum atomic E-state index is 13.2. The first-order chi connectivity index (χ1) is 12.1. The molecular weight excluding hydrogens is 371 g/mol. The number of hydrogen-bond donors (Lipinski definition) is 2. The minimum atomic E-state index is -4.57. The Kier molecular flexibility index (Phi) is 5.76. The number of hydrazone groups is 1. The molecule has 0 heterocycles. The van der Waals surface area contributed by atoms with Crippen molar-refractivity contribution >= 4 is 29.4 Å². The molecule has 5 nitrogen and oxygen atoms in total. The first-order valence-electron chi connectivity index (χ1n) is 7.30. The van der Waals surface area contributed by atoms with E-state index in [-0.39, 0.29) is 21.9 Å². The Labute approximate surface area is 152 Å². The standard InChI is InChI=1S/C17H15ClF3N3O2/c1-24(2)12-5-3-11(13(8-12)17(19,20)21)9-22-23-16(26)10-4-6-15(25)14(18)7-10/h3-9,25H,1-2H3,(H,23,26)/b22-9+. The zero-order valence-corrected chi connectivity index (χ0v) is 14.6. The van der Waals surface area contributed by atoms with Crippen LogP contribution in [0.25, 0.3) is 0 Å². The molecule has 0 unspecified atom stereocenters. The number of nitrogens with zero attached hydrogens (tertiary/aromatic N) is 2. The lowest BCUT2D eigenvalue weighted by Crippen LogP contribution is -2.18. The first kappa shape index (κ1) is 19.6. The molecule has 0 radical (unpaired) electrons. The number of aromatic hydroxyl groups is 1. The van der Waals surface area contributed by atoms with Gasteiger partial charge in [-0.3, -0.25) is 4.79 Å². The van der Waals surface area contributed by atoms with Crippen molar-refractivity contribution in [2.75, 3.05) is 19.0 Å². The van der Waals surface area contributed by atoms with Gasteiger partial charge in [0, 0.05) is 30.9 Å². The van der Waals surface area contributed by atoms with Gasteiger partial charge in [0.05, 0.1) is 16.8 Å². The third-order valence-electron chi connectivity index (χ3n) is 3.44. The van der Waals surface area contributed by atoms with Crippen LogP contribution < -0.4 is 10.3 Å². The van der Waals surface area contributed by atoms with E-state index in [0.29, 0.717) is 5.69 Å². The summed E-state index contributed by atoms with van der Waals surface area (Å²) in [5, 5.41) is 12.9. The summed E-state index contributed by atoms with van der Waals surface area (Å²) in [5.74, 6) is -0.871. The highest BCUT2D eigenvalue weighted by Crippen LogP contribution is 2.33. The molecule has 0 saturated carbocycles. The highest BCUT2D eigenvalue weighted by Gasteiger charge is 2.33. The Morgan fingerprint density at radius 2 is 1.92 bits per heavy atom. The maximum absolute atomic E-state index is 13.2. The van der Waals surface area contributed by atoms with Crippen molar-refractivity contribution < 1.29 is 23.1 Å². The smallest absolute Gasteiger partial charge is 0.417 e. The van der Waals surface area contributed by atoms with Crippen LogP contribution in [-0.2, 0) is 6.18 Å². The van der Waals surface area contributed by atoms with Crippen LogP contribution in [-0.4, -0.2) is 31.3 Å². The third-order valence-corrected chi connectivity index (χ3v) is 3.74. The second-order valence-electron chi connectivity index (χ2n) is 5.53. The molecule has 9 heteroatoms. The number of phenolic OH excluding ortho intramolecular Hbond substituents is 1. The fourth-order valence-corrected chi connectivity index (χ4v) is 2.23. The van der Waals surface area contributed by atoms with Gasteiger partial charge in [0.2, 0.25) is 0 Å². The lowest BCUT2D eigenvalue weighted by atomic mass is 10.1. The van der Waals surface area contributed by atoms with E-state index >= 15 is 0 Å². The fourth-order valence-electron chi connectivity index (χ4n) is 2.05. The number of rotatable bonds is 4. The van der Waals surface area contributed by atoms with E-state index in [2.05, 4.69) is 10.5 Å². The summed E-state index contributed by atoms with van der Waals surface area (Å²) in [5.41, 5.74) is 1.56. The van der Waals surface area contributed by atoms with Crippen molar-refractivity contribution in [3.63, 3.8) is 0 Å². The molecule has 0 atom stereocenters. The van der Waals surface area contributed by atoms with Gasteiger partial charge in [0.1, 0.15) is 5.75 Å². The molecule has 0 fully saturated rings. The molecule has 2 rings (SSSR count). The lowest BCUT2D eigenvalue weighted by molar-refractivity contribution is -0.137. The molecular formula is C17H15ClF3N3O2. The second-order valence-corrected chi connectivity index (χ2v) is 5.94. The molecule has 0 aliphatic carbocycles. The van der Waals surface area contributed by atoms with E-state index in [1.165, 1.54) is 30.3 Å². The molecule has 138 valence electrons. The fraction of sp³-hybridized carbons (Fsp3) is 0.176. The summed E-state index contributed by atoms with van der Waals surface area (Å²) in [6, 6.07) is 7.53. The van der Waals surface area contributed by atoms with Gasteiger partial charge in [-0.05, 0) is 30.3 Å². The number of nitrogens with one attached hydrogen (secondary N) is 1. The number of amides is 1. The largest absolute Gasteiger partial charge is 0.506 e. The van der Waals surface area contributed by atoms with Crippen molar-refractivity contribution in [1.82, 2.24) is 5.43 Å². The number of anilines is 1. The Morgan fingerprint density at radius 1 is 1.23 bits per heavy atom. The second kappa shape index (κ2) is 7.65. The zero-order chi connectivity index (χ0) is 19.5. The normalized spacial score (nSPS) is 11.6. The first-order valence-corrected chi connectivity index (χ1v) is 7.68. The van der Waals surface area contributed by atoms with E-state index in [0.717, 1.165) is 12.3 Å². The van der Waals surface area contributed by atoms with Crippen LogP contribution in [0.1, 0.15) is 21.5 Å². The van der Waals surface area contributed by atoms with Crippen LogP contribution in [0.15, 0.2) is 41.5 Å². The summed E-state index contributed by atoms with van der Waals surface area (Å²) < 4.78 is 39.7. The molecule has 0 spiro atoms. The molecule has 2 aromatic rings. The summed E-state index contributed by atoms with van der Waals surface area (Å²) in [6.07, 6.45) is -3.65. The maximum Gasteiger partial charge on any atom is 0.417 e. The molecule has 0 aliphatic heterocycles. The molecule has 0 saturated heterocycles. The van der Waals surface area contributed by atoms with Crippen LogP contribution in [0.2, 0.25) is 5.02 Å². The number of carbonyl (C=O) groups is 1. The van der Waals surface area contributed by atoms with Gasteiger partial charge >= 0.3 is 6.18 Å². The van der Waals surface area contributed by atoms with Gasteiger partial charge in [-0.1, -0.05) is 17.7 Å². The molecule has 0 bridgehead atoms. The van der Waals surface area contributed by atoms with Gasteiger partial charge in [0.25, 0.3) is 5.91 Å². The molecule has 2 N–H and O–H groups in total. The van der Waals surface area contributed by atoms with E-state index in [1.54, 1.807) is 19.0 Å². The third kappa shape index (κ3) is 4.66. The van der Waals surface area contributed by atoms with Crippen molar-refractivity contribution in [3.05, 3.63) is 58.1 Å². The van der Waals surface area contributed by atoms with Crippen LogP contribution >= 0.6 is 11.6 Å². The average Bonchev–Trinajstić information content (AvgIpc) is 2.56. The molecule has 0 aliphatic rings. The van der Waals surface area contributed by atoms with Crippen LogP contribution in [0.3, 0.4) is 0 Å². The van der Waals surface area contributed by atoms with Gasteiger partial charge in [0.15, 0.2) is 0 Å². The minimum absolute atomic E-state index is 0.0275. The Morgan fingerprint density at radius 3 is 2.50 bits per heavy atom. The summed E-state index contributed by atoms with van der Waals surface area (Å²) in [4.78, 5) is 13.5. The van der Waals surface area contributed by atoms with Crippen molar-refractivity contribution in [1.29, 1.82) is 0 Å². The number of hydrogen-bond acceptors (Lipinski definition) is 4.